The molecule has 0 unspecified atom stereocenters. The number of hydrogen-bond donors (Lipinski definition) is 1. The Morgan fingerprint density at radius 3 is 2.33 bits per heavy atom. The molecular formula is C18H12ClF2N3O3. The molecule has 1 amide bonds. The molecule has 27 heavy (non-hydrogen) atoms. The number of amides is 1. The number of aromatic nitrogens is 2. The van der Waals surface area contributed by atoms with Crippen LogP contribution in [0.5, 0.6) is 0 Å². The van der Waals surface area contributed by atoms with Gasteiger partial charge in [0.25, 0.3) is 0 Å². The van der Waals surface area contributed by atoms with E-state index in [1.165, 1.54) is 12.4 Å². The van der Waals surface area contributed by atoms with Crippen molar-refractivity contribution in [2.75, 3.05) is 5.32 Å². The Bertz CT molecular complexity index is 1120. The highest BCUT2D eigenvalue weighted by molar-refractivity contribution is 6.30. The lowest BCUT2D eigenvalue weighted by atomic mass is 10.3. The molecule has 0 radical (unpaired) electrons. The van der Waals surface area contributed by atoms with E-state index in [1.54, 1.807) is 24.3 Å². The molecule has 0 saturated heterocycles. The number of benzene rings is 2. The first-order chi connectivity index (χ1) is 12.8. The maximum atomic E-state index is 13.3. The number of hydrogen-bond acceptors (Lipinski definition) is 3. The van der Waals surface area contributed by atoms with Crippen LogP contribution in [0.25, 0.3) is 5.69 Å². The van der Waals surface area contributed by atoms with Crippen LogP contribution < -0.4 is 16.4 Å². The maximum Gasteiger partial charge on any atom is 0.320 e. The topological polar surface area (TPSA) is 73.1 Å². The Kier molecular flexibility index (Phi) is 5.18. The molecule has 0 aliphatic carbocycles. The quantitative estimate of drug-likeness (QED) is 0.695. The average molecular weight is 392 g/mol. The lowest BCUT2D eigenvalue weighted by Crippen LogP contribution is -2.41. The SMILES string of the molecule is O=C(Cn1ccn(-c2ccc(F)c(F)c2)c(=O)c1=O)Nc1ccc(Cl)cc1. The molecular weight excluding hydrogens is 380 g/mol. The zero-order valence-electron chi connectivity index (χ0n) is 13.7. The van der Waals surface area contributed by atoms with Gasteiger partial charge in [0.15, 0.2) is 11.6 Å². The summed E-state index contributed by atoms with van der Waals surface area (Å²) in [6.07, 6.45) is 2.42. The monoisotopic (exact) mass is 391 g/mol. The fourth-order valence-corrected chi connectivity index (χ4v) is 2.49. The third-order valence-corrected chi connectivity index (χ3v) is 3.93. The molecule has 6 nitrogen and oxygen atoms in total. The molecule has 0 bridgehead atoms. The van der Waals surface area contributed by atoms with Gasteiger partial charge in [0.1, 0.15) is 6.54 Å². The van der Waals surface area contributed by atoms with Gasteiger partial charge >= 0.3 is 11.1 Å². The molecule has 1 N–H and O–H groups in total. The van der Waals surface area contributed by atoms with Crippen molar-refractivity contribution in [3.63, 3.8) is 0 Å². The Hall–Kier alpha value is -3.26. The molecule has 0 aliphatic rings. The molecule has 138 valence electrons. The molecule has 1 heterocycles. The first kappa shape index (κ1) is 18.5. The Morgan fingerprint density at radius 1 is 0.963 bits per heavy atom. The number of carbonyl (C=O) groups excluding carboxylic acids is 1. The van der Waals surface area contributed by atoms with E-state index < -0.39 is 35.2 Å². The summed E-state index contributed by atoms with van der Waals surface area (Å²) in [5, 5.41) is 3.07. The summed E-state index contributed by atoms with van der Waals surface area (Å²) in [6, 6.07) is 9.17. The van der Waals surface area contributed by atoms with Crippen molar-refractivity contribution < 1.29 is 13.6 Å². The molecule has 0 spiro atoms. The van der Waals surface area contributed by atoms with Crippen molar-refractivity contribution in [3.8, 4) is 5.69 Å². The second-order valence-electron chi connectivity index (χ2n) is 5.56. The van der Waals surface area contributed by atoms with Crippen LogP contribution in [0, 0.1) is 11.6 Å². The smallest absolute Gasteiger partial charge is 0.320 e. The zero-order chi connectivity index (χ0) is 19.6. The van der Waals surface area contributed by atoms with Crippen LogP contribution in [0.15, 0.2) is 64.4 Å². The van der Waals surface area contributed by atoms with Crippen LogP contribution in [0.1, 0.15) is 0 Å². The van der Waals surface area contributed by atoms with E-state index in [4.69, 9.17) is 11.6 Å². The second kappa shape index (κ2) is 7.55. The summed E-state index contributed by atoms with van der Waals surface area (Å²) >= 11 is 5.76. The van der Waals surface area contributed by atoms with Crippen molar-refractivity contribution in [1.82, 2.24) is 9.13 Å². The number of nitrogens with zero attached hydrogens (tertiary/aromatic N) is 2. The van der Waals surface area contributed by atoms with Gasteiger partial charge in [-0.3, -0.25) is 23.5 Å². The number of nitrogens with one attached hydrogen (secondary N) is 1. The molecule has 3 rings (SSSR count). The van der Waals surface area contributed by atoms with Gasteiger partial charge in [0, 0.05) is 29.2 Å². The van der Waals surface area contributed by atoms with Crippen LogP contribution >= 0.6 is 11.6 Å². The van der Waals surface area contributed by atoms with Crippen LogP contribution in [0.3, 0.4) is 0 Å². The first-order valence-corrected chi connectivity index (χ1v) is 8.06. The lowest BCUT2D eigenvalue weighted by molar-refractivity contribution is -0.116. The zero-order valence-corrected chi connectivity index (χ0v) is 14.4. The van der Waals surface area contributed by atoms with E-state index in [1.807, 2.05) is 0 Å². The fourth-order valence-electron chi connectivity index (χ4n) is 2.36. The predicted molar refractivity (Wildman–Crippen MR) is 96.3 cm³/mol. The highest BCUT2D eigenvalue weighted by atomic mass is 35.5. The summed E-state index contributed by atoms with van der Waals surface area (Å²) in [4.78, 5) is 36.5. The molecule has 0 aliphatic heterocycles. The average Bonchev–Trinajstić information content (AvgIpc) is 2.64. The first-order valence-electron chi connectivity index (χ1n) is 7.68. The van der Waals surface area contributed by atoms with Crippen molar-refractivity contribution in [2.24, 2.45) is 0 Å². The highest BCUT2D eigenvalue weighted by Crippen LogP contribution is 2.13. The molecule has 0 fully saturated rings. The van der Waals surface area contributed by atoms with Crippen LogP contribution in [-0.4, -0.2) is 15.0 Å². The third-order valence-electron chi connectivity index (χ3n) is 3.68. The number of carbonyl (C=O) groups is 1. The van der Waals surface area contributed by atoms with Gasteiger partial charge in [-0.1, -0.05) is 11.6 Å². The molecule has 0 saturated carbocycles. The largest absolute Gasteiger partial charge is 0.325 e. The molecule has 9 heteroatoms. The summed E-state index contributed by atoms with van der Waals surface area (Å²) in [5.74, 6) is -2.74. The van der Waals surface area contributed by atoms with Gasteiger partial charge in [0.2, 0.25) is 5.91 Å². The van der Waals surface area contributed by atoms with E-state index >= 15 is 0 Å². The summed E-state index contributed by atoms with van der Waals surface area (Å²) in [6.45, 7) is -0.394. The van der Waals surface area contributed by atoms with Crippen LogP contribution in [-0.2, 0) is 11.3 Å². The van der Waals surface area contributed by atoms with E-state index in [9.17, 15) is 23.2 Å². The number of anilines is 1. The van der Waals surface area contributed by atoms with Crippen molar-refractivity contribution in [1.29, 1.82) is 0 Å². The summed E-state index contributed by atoms with van der Waals surface area (Å²) in [7, 11) is 0. The normalized spacial score (nSPS) is 10.6. The van der Waals surface area contributed by atoms with E-state index in [2.05, 4.69) is 5.32 Å². The van der Waals surface area contributed by atoms with Gasteiger partial charge < -0.3 is 5.32 Å². The Labute approximate surface area is 156 Å². The number of halogens is 3. The van der Waals surface area contributed by atoms with Crippen LogP contribution in [0.4, 0.5) is 14.5 Å². The maximum absolute atomic E-state index is 13.3. The van der Waals surface area contributed by atoms with Gasteiger partial charge in [-0.2, -0.15) is 0 Å². The second-order valence-corrected chi connectivity index (χ2v) is 6.00. The van der Waals surface area contributed by atoms with E-state index in [-0.39, 0.29) is 5.69 Å². The Balaban J connectivity index is 1.83. The molecule has 1 aromatic heterocycles. The van der Waals surface area contributed by atoms with Crippen molar-refractivity contribution in [2.45, 2.75) is 6.54 Å². The van der Waals surface area contributed by atoms with Crippen LogP contribution in [0.2, 0.25) is 5.02 Å². The van der Waals surface area contributed by atoms with Crippen molar-refractivity contribution >= 4 is 23.2 Å². The Morgan fingerprint density at radius 2 is 1.67 bits per heavy atom. The van der Waals surface area contributed by atoms with Gasteiger partial charge in [-0.15, -0.1) is 0 Å². The summed E-state index contributed by atoms with van der Waals surface area (Å²) in [5.41, 5.74) is -1.50. The van der Waals surface area contributed by atoms with E-state index in [0.717, 1.165) is 27.3 Å². The summed E-state index contributed by atoms with van der Waals surface area (Å²) < 4.78 is 28.2. The van der Waals surface area contributed by atoms with Gasteiger partial charge in [-0.05, 0) is 36.4 Å². The van der Waals surface area contributed by atoms with Gasteiger partial charge in [0.05, 0.1) is 5.69 Å². The lowest BCUT2D eigenvalue weighted by Gasteiger charge is -2.10. The van der Waals surface area contributed by atoms with Crippen molar-refractivity contribution in [3.05, 3.63) is 92.2 Å². The van der Waals surface area contributed by atoms with E-state index in [0.29, 0.717) is 10.7 Å². The standard InChI is InChI=1S/C18H12ClF2N3O3/c19-11-1-3-12(4-2-11)22-16(25)10-23-7-8-24(18(27)17(23)26)13-5-6-14(20)15(21)9-13/h1-9H,10H2,(H,22,25). The molecule has 2 aromatic carbocycles. The minimum Gasteiger partial charge on any atom is -0.325 e. The molecule has 0 atom stereocenters. The molecule has 3 aromatic rings. The third kappa shape index (κ3) is 4.12. The minimum atomic E-state index is -1.15. The van der Waals surface area contributed by atoms with Gasteiger partial charge in [-0.25, -0.2) is 8.78 Å². The highest BCUT2D eigenvalue weighted by Gasteiger charge is 2.12. The minimum absolute atomic E-state index is 0.00577. The predicted octanol–water partition coefficient (Wildman–Crippen LogP) is 2.57. The fraction of sp³-hybridized carbons (Fsp3) is 0.0556. The number of rotatable bonds is 4.